The number of aromatic nitrogens is 2. The molecule has 1 aliphatic heterocycles. The second-order valence-corrected chi connectivity index (χ2v) is 5.16. The van der Waals surface area contributed by atoms with Crippen LogP contribution in [0.3, 0.4) is 0 Å². The van der Waals surface area contributed by atoms with Crippen LogP contribution in [0.1, 0.15) is 18.7 Å². The Hall–Kier alpha value is -2.21. The summed E-state index contributed by atoms with van der Waals surface area (Å²) >= 11 is 0. The molecule has 0 bridgehead atoms. The number of hydrogen-bond acceptors (Lipinski definition) is 5. The van der Waals surface area contributed by atoms with Crippen LogP contribution in [0.5, 0.6) is 0 Å². The first-order valence-electron chi connectivity index (χ1n) is 7.09. The first kappa shape index (κ1) is 13.8. The molecule has 0 radical (unpaired) electrons. The summed E-state index contributed by atoms with van der Waals surface area (Å²) in [7, 11) is 0. The van der Waals surface area contributed by atoms with Gasteiger partial charge in [-0.05, 0) is 19.4 Å². The smallest absolute Gasteiger partial charge is 0.320 e. The van der Waals surface area contributed by atoms with Crippen molar-refractivity contribution in [3.8, 4) is 11.4 Å². The highest BCUT2D eigenvalue weighted by atomic mass is 16.5. The van der Waals surface area contributed by atoms with E-state index in [2.05, 4.69) is 10.1 Å². The van der Waals surface area contributed by atoms with E-state index in [9.17, 15) is 4.79 Å². The zero-order valence-electron chi connectivity index (χ0n) is 11.6. The van der Waals surface area contributed by atoms with Gasteiger partial charge in [-0.15, -0.1) is 0 Å². The van der Waals surface area contributed by atoms with E-state index < -0.39 is 5.97 Å². The molecule has 21 heavy (non-hydrogen) atoms. The van der Waals surface area contributed by atoms with Gasteiger partial charge in [0.05, 0.1) is 0 Å². The molecule has 0 saturated carbocycles. The summed E-state index contributed by atoms with van der Waals surface area (Å²) in [5, 5.41) is 13.1. The van der Waals surface area contributed by atoms with Crippen LogP contribution in [0.15, 0.2) is 34.9 Å². The number of carboxylic acid groups (broad SMARTS) is 1. The van der Waals surface area contributed by atoms with Crippen LogP contribution in [0, 0.1) is 0 Å². The van der Waals surface area contributed by atoms with E-state index in [0.29, 0.717) is 31.1 Å². The van der Waals surface area contributed by atoms with Gasteiger partial charge in [0.1, 0.15) is 6.04 Å². The summed E-state index contributed by atoms with van der Waals surface area (Å²) in [5.74, 6) is 0.370. The van der Waals surface area contributed by atoms with Crippen LogP contribution in [0.4, 0.5) is 0 Å². The standard InChI is InChI=1S/C15H17N3O3/c19-15(20)12-7-4-9-18(12)10-8-13-16-14(17-21-13)11-5-2-1-3-6-11/h1-3,5-6,12H,4,7-10H2,(H,19,20)/t12-/m1/s1. The number of likely N-dealkylation sites (tertiary alicyclic amines) is 1. The van der Waals surface area contributed by atoms with Crippen molar-refractivity contribution in [2.24, 2.45) is 0 Å². The summed E-state index contributed by atoms with van der Waals surface area (Å²) in [4.78, 5) is 17.4. The van der Waals surface area contributed by atoms with Gasteiger partial charge in [0.15, 0.2) is 0 Å². The number of rotatable bonds is 5. The molecule has 2 heterocycles. The van der Waals surface area contributed by atoms with Crippen molar-refractivity contribution in [2.75, 3.05) is 13.1 Å². The summed E-state index contributed by atoms with van der Waals surface area (Å²) < 4.78 is 5.24. The summed E-state index contributed by atoms with van der Waals surface area (Å²) in [6.45, 7) is 1.45. The minimum Gasteiger partial charge on any atom is -0.480 e. The molecule has 1 fully saturated rings. The third kappa shape index (κ3) is 3.11. The molecule has 3 rings (SSSR count). The average molecular weight is 287 g/mol. The number of aliphatic carboxylic acids is 1. The number of carboxylic acids is 1. The Balaban J connectivity index is 1.62. The molecule has 110 valence electrons. The first-order valence-corrected chi connectivity index (χ1v) is 7.09. The fourth-order valence-electron chi connectivity index (χ4n) is 2.67. The van der Waals surface area contributed by atoms with Crippen molar-refractivity contribution in [3.63, 3.8) is 0 Å². The highest BCUT2D eigenvalue weighted by Gasteiger charge is 2.30. The molecule has 6 heteroatoms. The third-order valence-corrected chi connectivity index (χ3v) is 3.76. The average Bonchev–Trinajstić information content (AvgIpc) is 3.15. The van der Waals surface area contributed by atoms with Crippen molar-refractivity contribution >= 4 is 5.97 Å². The molecule has 2 aromatic rings. The van der Waals surface area contributed by atoms with Gasteiger partial charge in [-0.2, -0.15) is 4.98 Å². The van der Waals surface area contributed by atoms with E-state index in [4.69, 9.17) is 9.63 Å². The maximum atomic E-state index is 11.1. The molecule has 6 nitrogen and oxygen atoms in total. The summed E-state index contributed by atoms with van der Waals surface area (Å²) in [5.41, 5.74) is 0.914. The molecular weight excluding hydrogens is 270 g/mol. The molecule has 0 spiro atoms. The van der Waals surface area contributed by atoms with E-state index in [1.54, 1.807) is 0 Å². The maximum absolute atomic E-state index is 11.1. The first-order chi connectivity index (χ1) is 10.2. The number of hydrogen-bond donors (Lipinski definition) is 1. The maximum Gasteiger partial charge on any atom is 0.320 e. The van der Waals surface area contributed by atoms with Crippen molar-refractivity contribution in [3.05, 3.63) is 36.2 Å². The minimum absolute atomic E-state index is 0.374. The molecule has 0 amide bonds. The fourth-order valence-corrected chi connectivity index (χ4v) is 2.67. The van der Waals surface area contributed by atoms with Crippen molar-refractivity contribution in [1.82, 2.24) is 15.0 Å². The summed E-state index contributed by atoms with van der Waals surface area (Å²) in [6, 6.07) is 9.26. The lowest BCUT2D eigenvalue weighted by molar-refractivity contribution is -0.142. The van der Waals surface area contributed by atoms with Gasteiger partial charge in [-0.1, -0.05) is 35.5 Å². The highest BCUT2D eigenvalue weighted by Crippen LogP contribution is 2.19. The fraction of sp³-hybridized carbons (Fsp3) is 0.400. The largest absolute Gasteiger partial charge is 0.480 e. The predicted octanol–water partition coefficient (Wildman–Crippen LogP) is 1.83. The Morgan fingerprint density at radius 3 is 2.95 bits per heavy atom. The quantitative estimate of drug-likeness (QED) is 0.903. The molecule has 1 saturated heterocycles. The number of nitrogens with zero attached hydrogens (tertiary/aromatic N) is 3. The highest BCUT2D eigenvalue weighted by molar-refractivity contribution is 5.73. The molecule has 1 aromatic heterocycles. The molecule has 1 atom stereocenters. The van der Waals surface area contributed by atoms with E-state index >= 15 is 0 Å². The van der Waals surface area contributed by atoms with Crippen LogP contribution in [0.25, 0.3) is 11.4 Å². The molecule has 1 aromatic carbocycles. The number of carbonyl (C=O) groups is 1. The minimum atomic E-state index is -0.747. The van der Waals surface area contributed by atoms with Crippen LogP contribution in [0.2, 0.25) is 0 Å². The van der Waals surface area contributed by atoms with Gasteiger partial charge in [0, 0.05) is 18.5 Å². The lowest BCUT2D eigenvalue weighted by atomic mass is 10.2. The molecule has 0 unspecified atom stereocenters. The van der Waals surface area contributed by atoms with E-state index in [1.807, 2.05) is 35.2 Å². The van der Waals surface area contributed by atoms with Gasteiger partial charge in [0.25, 0.3) is 0 Å². The van der Waals surface area contributed by atoms with E-state index in [0.717, 1.165) is 18.5 Å². The zero-order valence-corrected chi connectivity index (χ0v) is 11.6. The van der Waals surface area contributed by atoms with E-state index in [1.165, 1.54) is 0 Å². The Kier molecular flexibility index (Phi) is 3.96. The Morgan fingerprint density at radius 2 is 2.19 bits per heavy atom. The van der Waals surface area contributed by atoms with Crippen LogP contribution in [-0.4, -0.2) is 45.2 Å². The van der Waals surface area contributed by atoms with Gasteiger partial charge in [0.2, 0.25) is 11.7 Å². The SMILES string of the molecule is O=C(O)[C@H]1CCCN1CCc1nc(-c2ccccc2)no1. The Morgan fingerprint density at radius 1 is 1.38 bits per heavy atom. The normalized spacial score (nSPS) is 19.0. The van der Waals surface area contributed by atoms with Crippen LogP contribution < -0.4 is 0 Å². The van der Waals surface area contributed by atoms with Gasteiger partial charge < -0.3 is 9.63 Å². The molecule has 1 aliphatic rings. The van der Waals surface area contributed by atoms with Gasteiger partial charge in [-0.3, -0.25) is 9.69 Å². The van der Waals surface area contributed by atoms with Crippen LogP contribution in [-0.2, 0) is 11.2 Å². The Labute approximate surface area is 122 Å². The van der Waals surface area contributed by atoms with Crippen LogP contribution >= 0.6 is 0 Å². The zero-order chi connectivity index (χ0) is 14.7. The lowest BCUT2D eigenvalue weighted by Crippen LogP contribution is -2.37. The van der Waals surface area contributed by atoms with Crippen molar-refractivity contribution < 1.29 is 14.4 Å². The number of benzene rings is 1. The van der Waals surface area contributed by atoms with Crippen molar-refractivity contribution in [2.45, 2.75) is 25.3 Å². The summed E-state index contributed by atoms with van der Waals surface area (Å²) in [6.07, 6.45) is 2.22. The second kappa shape index (κ2) is 6.05. The molecule has 0 aliphatic carbocycles. The topological polar surface area (TPSA) is 79.5 Å². The molecule has 1 N–H and O–H groups in total. The van der Waals surface area contributed by atoms with Gasteiger partial charge >= 0.3 is 5.97 Å². The monoisotopic (exact) mass is 287 g/mol. The second-order valence-electron chi connectivity index (χ2n) is 5.16. The third-order valence-electron chi connectivity index (χ3n) is 3.76. The predicted molar refractivity (Wildman–Crippen MR) is 75.7 cm³/mol. The van der Waals surface area contributed by atoms with Crippen molar-refractivity contribution in [1.29, 1.82) is 0 Å². The van der Waals surface area contributed by atoms with Gasteiger partial charge in [-0.25, -0.2) is 0 Å². The molecular formula is C15H17N3O3. The Bertz CT molecular complexity index is 612. The van der Waals surface area contributed by atoms with E-state index in [-0.39, 0.29) is 6.04 Å². The lowest BCUT2D eigenvalue weighted by Gasteiger charge is -2.19.